The molecule has 0 spiro atoms. The van der Waals surface area contributed by atoms with Gasteiger partial charge in [0.25, 0.3) is 0 Å². The number of nitriles is 1. The lowest BCUT2D eigenvalue weighted by Gasteiger charge is -2.10. The van der Waals surface area contributed by atoms with Crippen molar-refractivity contribution in [3.05, 3.63) is 65.5 Å². The molecular weight excluding hydrogens is 430 g/mol. The van der Waals surface area contributed by atoms with Crippen LogP contribution in [0.25, 0.3) is 11.7 Å². The standard InChI is InChI=1S/C27H31N3O4/c1-4-5-6-10-16-32-26-23(30-15-11-14-24(25(30)29-26)34-20(2)3)17-22(18-28)27(31)33-19-21-12-8-7-9-13-21/h7-9,11-15,17,20H,4-6,10,16,19H2,1-3H3. The summed E-state index contributed by atoms with van der Waals surface area (Å²) in [4.78, 5) is 17.3. The van der Waals surface area contributed by atoms with Gasteiger partial charge in [-0.2, -0.15) is 10.2 Å². The second-order valence-electron chi connectivity index (χ2n) is 8.18. The number of imidazole rings is 1. The van der Waals surface area contributed by atoms with Gasteiger partial charge >= 0.3 is 5.97 Å². The third kappa shape index (κ3) is 6.61. The van der Waals surface area contributed by atoms with Crippen LogP contribution in [0, 0.1) is 11.3 Å². The summed E-state index contributed by atoms with van der Waals surface area (Å²) in [6, 6.07) is 14.9. The van der Waals surface area contributed by atoms with E-state index in [2.05, 4.69) is 11.9 Å². The van der Waals surface area contributed by atoms with Gasteiger partial charge in [0.1, 0.15) is 23.9 Å². The quantitative estimate of drug-likeness (QED) is 0.148. The monoisotopic (exact) mass is 461 g/mol. The van der Waals surface area contributed by atoms with E-state index in [-0.39, 0.29) is 18.3 Å². The third-order valence-electron chi connectivity index (χ3n) is 5.05. The van der Waals surface area contributed by atoms with Crippen molar-refractivity contribution in [3.8, 4) is 17.7 Å². The number of hydrogen-bond donors (Lipinski definition) is 0. The van der Waals surface area contributed by atoms with Crippen molar-refractivity contribution in [2.45, 2.75) is 59.2 Å². The zero-order valence-electron chi connectivity index (χ0n) is 20.0. The Morgan fingerprint density at radius 1 is 1.15 bits per heavy atom. The van der Waals surface area contributed by atoms with Gasteiger partial charge in [-0.15, -0.1) is 0 Å². The highest BCUT2D eigenvalue weighted by atomic mass is 16.5. The van der Waals surface area contributed by atoms with Gasteiger partial charge in [-0.25, -0.2) is 4.79 Å². The minimum absolute atomic E-state index is 0.0389. The molecule has 7 nitrogen and oxygen atoms in total. The van der Waals surface area contributed by atoms with Crippen LogP contribution in [0.1, 0.15) is 57.7 Å². The fourth-order valence-corrected chi connectivity index (χ4v) is 3.40. The molecule has 3 rings (SSSR count). The number of rotatable bonds is 12. The molecule has 0 atom stereocenters. The third-order valence-corrected chi connectivity index (χ3v) is 5.05. The van der Waals surface area contributed by atoms with Gasteiger partial charge < -0.3 is 14.2 Å². The van der Waals surface area contributed by atoms with Crippen LogP contribution in [0.3, 0.4) is 0 Å². The number of pyridine rings is 1. The van der Waals surface area contributed by atoms with Crippen LogP contribution in [0.4, 0.5) is 0 Å². The SMILES string of the molecule is CCCCCCOc1nc2c(OC(C)C)cccn2c1C=C(C#N)C(=O)OCc1ccccc1. The van der Waals surface area contributed by atoms with Crippen LogP contribution in [-0.4, -0.2) is 28.1 Å². The van der Waals surface area contributed by atoms with E-state index in [1.165, 1.54) is 6.08 Å². The molecule has 0 saturated carbocycles. The second-order valence-corrected chi connectivity index (χ2v) is 8.18. The Hall–Kier alpha value is -3.79. The van der Waals surface area contributed by atoms with Crippen molar-refractivity contribution in [3.63, 3.8) is 0 Å². The normalized spacial score (nSPS) is 11.4. The molecule has 1 aromatic carbocycles. The van der Waals surface area contributed by atoms with Crippen LogP contribution in [0.5, 0.6) is 11.6 Å². The van der Waals surface area contributed by atoms with Gasteiger partial charge in [-0.05, 0) is 44.0 Å². The summed E-state index contributed by atoms with van der Waals surface area (Å²) >= 11 is 0. The number of fused-ring (bicyclic) bond motifs is 1. The molecule has 0 aliphatic carbocycles. The lowest BCUT2D eigenvalue weighted by Crippen LogP contribution is -2.08. The molecule has 178 valence electrons. The van der Waals surface area contributed by atoms with Gasteiger partial charge in [-0.3, -0.25) is 4.40 Å². The van der Waals surface area contributed by atoms with Crippen LogP contribution in [0.15, 0.2) is 54.2 Å². The van der Waals surface area contributed by atoms with Gasteiger partial charge in [-0.1, -0.05) is 56.5 Å². The first-order chi connectivity index (χ1) is 16.5. The summed E-state index contributed by atoms with van der Waals surface area (Å²) < 4.78 is 19.0. The molecule has 2 aromatic heterocycles. The molecule has 0 amide bonds. The van der Waals surface area contributed by atoms with E-state index in [0.717, 1.165) is 31.2 Å². The number of aromatic nitrogens is 2. The fraction of sp³-hybridized carbons (Fsp3) is 0.370. The molecule has 3 aromatic rings. The summed E-state index contributed by atoms with van der Waals surface area (Å²) in [6.07, 6.45) is 7.46. The molecule has 0 N–H and O–H groups in total. The van der Waals surface area contributed by atoms with Crippen molar-refractivity contribution in [1.82, 2.24) is 9.38 Å². The smallest absolute Gasteiger partial charge is 0.349 e. The first-order valence-corrected chi connectivity index (χ1v) is 11.7. The lowest BCUT2D eigenvalue weighted by molar-refractivity contribution is -0.139. The number of esters is 1. The predicted octanol–water partition coefficient (Wildman–Crippen LogP) is 5.73. The highest BCUT2D eigenvalue weighted by Gasteiger charge is 2.19. The summed E-state index contributed by atoms with van der Waals surface area (Å²) in [7, 11) is 0. The zero-order valence-corrected chi connectivity index (χ0v) is 20.0. The molecule has 0 unspecified atom stereocenters. The zero-order chi connectivity index (χ0) is 24.3. The minimum Gasteiger partial charge on any atom is -0.487 e. The number of hydrogen-bond acceptors (Lipinski definition) is 6. The Morgan fingerprint density at radius 3 is 2.65 bits per heavy atom. The Bertz CT molecular complexity index is 1160. The van der Waals surface area contributed by atoms with E-state index in [4.69, 9.17) is 14.2 Å². The number of nitrogens with zero attached hydrogens (tertiary/aromatic N) is 3. The van der Waals surface area contributed by atoms with E-state index < -0.39 is 5.97 Å². The highest BCUT2D eigenvalue weighted by Crippen LogP contribution is 2.29. The first kappa shape index (κ1) is 24.8. The van der Waals surface area contributed by atoms with Gasteiger partial charge in [0.05, 0.1) is 12.7 Å². The Labute approximate surface area is 200 Å². The van der Waals surface area contributed by atoms with Crippen molar-refractivity contribution in [2.24, 2.45) is 0 Å². The summed E-state index contributed by atoms with van der Waals surface area (Å²) in [5.74, 6) is 0.239. The molecule has 0 bridgehead atoms. The molecule has 0 radical (unpaired) electrons. The molecule has 7 heteroatoms. The van der Waals surface area contributed by atoms with E-state index in [0.29, 0.717) is 29.6 Å². The molecule has 2 heterocycles. The summed E-state index contributed by atoms with van der Waals surface area (Å²) in [5, 5.41) is 9.69. The number of carbonyl (C=O) groups is 1. The maximum Gasteiger partial charge on any atom is 0.349 e. The minimum atomic E-state index is -0.704. The molecular formula is C27H31N3O4. The van der Waals surface area contributed by atoms with E-state index in [1.807, 2.05) is 62.4 Å². The van der Waals surface area contributed by atoms with Crippen LogP contribution < -0.4 is 9.47 Å². The van der Waals surface area contributed by atoms with E-state index in [1.54, 1.807) is 10.6 Å². The average Bonchev–Trinajstić information content (AvgIpc) is 3.19. The number of ether oxygens (including phenoxy) is 3. The lowest BCUT2D eigenvalue weighted by atomic mass is 10.2. The predicted molar refractivity (Wildman–Crippen MR) is 130 cm³/mol. The molecule has 0 saturated heterocycles. The fourth-order valence-electron chi connectivity index (χ4n) is 3.40. The summed E-state index contributed by atoms with van der Waals surface area (Å²) in [5.41, 5.74) is 1.76. The van der Waals surface area contributed by atoms with Gasteiger partial charge in [0.15, 0.2) is 11.4 Å². The highest BCUT2D eigenvalue weighted by molar-refractivity contribution is 5.98. The van der Waals surface area contributed by atoms with Crippen LogP contribution >= 0.6 is 0 Å². The van der Waals surface area contributed by atoms with Crippen LogP contribution in [0.2, 0.25) is 0 Å². The Morgan fingerprint density at radius 2 is 1.94 bits per heavy atom. The van der Waals surface area contributed by atoms with Crippen molar-refractivity contribution >= 4 is 17.7 Å². The maximum atomic E-state index is 12.7. The molecule has 0 aliphatic heterocycles. The topological polar surface area (TPSA) is 85.9 Å². The van der Waals surface area contributed by atoms with Gasteiger partial charge in [0, 0.05) is 6.20 Å². The Balaban J connectivity index is 1.91. The van der Waals surface area contributed by atoms with Gasteiger partial charge in [0.2, 0.25) is 5.88 Å². The van der Waals surface area contributed by atoms with Crippen LogP contribution in [-0.2, 0) is 16.1 Å². The second kappa shape index (κ2) is 12.4. The largest absolute Gasteiger partial charge is 0.487 e. The number of benzene rings is 1. The maximum absolute atomic E-state index is 12.7. The Kier molecular flexibility index (Phi) is 9.10. The summed E-state index contributed by atoms with van der Waals surface area (Å²) in [6.45, 7) is 6.61. The number of carbonyl (C=O) groups excluding carboxylic acids is 1. The number of unbranched alkanes of at least 4 members (excludes halogenated alkanes) is 3. The van der Waals surface area contributed by atoms with E-state index >= 15 is 0 Å². The molecule has 0 fully saturated rings. The van der Waals surface area contributed by atoms with Crippen molar-refractivity contribution in [2.75, 3.05) is 6.61 Å². The first-order valence-electron chi connectivity index (χ1n) is 11.7. The average molecular weight is 462 g/mol. The van der Waals surface area contributed by atoms with Crippen molar-refractivity contribution in [1.29, 1.82) is 5.26 Å². The van der Waals surface area contributed by atoms with E-state index in [9.17, 15) is 10.1 Å². The molecule has 0 aliphatic rings. The molecule has 34 heavy (non-hydrogen) atoms. The van der Waals surface area contributed by atoms with Crippen molar-refractivity contribution < 1.29 is 19.0 Å².